The third kappa shape index (κ3) is 4.52. The summed E-state index contributed by atoms with van der Waals surface area (Å²) in [6.07, 6.45) is -3.56. The van der Waals surface area contributed by atoms with E-state index >= 15 is 0 Å². The van der Waals surface area contributed by atoms with Gasteiger partial charge in [-0.3, -0.25) is 0 Å². The van der Waals surface area contributed by atoms with Gasteiger partial charge < -0.3 is 11.1 Å². The molecule has 3 N–H and O–H groups in total. The molecule has 0 radical (unpaired) electrons. The van der Waals surface area contributed by atoms with E-state index < -0.39 is 21.7 Å². The van der Waals surface area contributed by atoms with Gasteiger partial charge >= 0.3 is 6.18 Å². The Morgan fingerprint density at radius 2 is 1.71 bits per heavy atom. The molecule has 8 nitrogen and oxygen atoms in total. The predicted molar refractivity (Wildman–Crippen MR) is 95.3 cm³/mol. The normalized spacial score (nSPS) is 12.0. The van der Waals surface area contributed by atoms with Gasteiger partial charge in [0.05, 0.1) is 4.90 Å². The van der Waals surface area contributed by atoms with Gasteiger partial charge in [-0.25, -0.2) is 13.4 Å². The van der Waals surface area contributed by atoms with Gasteiger partial charge in [0.2, 0.25) is 11.9 Å². The molecule has 0 atom stereocenters. The Hall–Kier alpha value is -3.28. The minimum Gasteiger partial charge on any atom is -0.368 e. The molecule has 1 aromatic carbocycles. The van der Waals surface area contributed by atoms with Gasteiger partial charge in [0.1, 0.15) is 11.4 Å². The van der Waals surface area contributed by atoms with Crippen LogP contribution in [0.5, 0.6) is 0 Å². The number of nitrogens with two attached hydrogens (primary N) is 1. The zero-order chi connectivity index (χ0) is 20.5. The number of aromatic nitrogens is 4. The highest BCUT2D eigenvalue weighted by Gasteiger charge is 2.32. The molecule has 0 amide bonds. The van der Waals surface area contributed by atoms with Crippen LogP contribution in [0.15, 0.2) is 47.4 Å². The van der Waals surface area contributed by atoms with Gasteiger partial charge in [-0.1, -0.05) is 12.1 Å². The summed E-state index contributed by atoms with van der Waals surface area (Å²) in [5, 5.41) is 2.76. The summed E-state index contributed by atoms with van der Waals surface area (Å²) in [6.45, 7) is 0. The second-order valence-corrected chi connectivity index (χ2v) is 7.69. The molecule has 0 aliphatic carbocycles. The van der Waals surface area contributed by atoms with E-state index in [4.69, 9.17) is 5.73 Å². The molecule has 0 spiro atoms. The fourth-order valence-corrected chi connectivity index (χ4v) is 2.88. The van der Waals surface area contributed by atoms with E-state index in [9.17, 15) is 21.6 Å². The molecule has 28 heavy (non-hydrogen) atoms. The van der Waals surface area contributed by atoms with Crippen molar-refractivity contribution in [3.8, 4) is 11.5 Å². The Kier molecular flexibility index (Phi) is 4.89. The van der Waals surface area contributed by atoms with Crippen molar-refractivity contribution in [2.45, 2.75) is 11.1 Å². The Morgan fingerprint density at radius 3 is 2.39 bits per heavy atom. The lowest BCUT2D eigenvalue weighted by Crippen LogP contribution is -2.10. The average molecular weight is 410 g/mol. The zero-order valence-corrected chi connectivity index (χ0v) is 15.1. The summed E-state index contributed by atoms with van der Waals surface area (Å²) in [5.74, 6) is -0.487. The van der Waals surface area contributed by atoms with Crippen LogP contribution in [0.2, 0.25) is 0 Å². The van der Waals surface area contributed by atoms with Crippen molar-refractivity contribution < 1.29 is 21.6 Å². The van der Waals surface area contributed by atoms with E-state index in [1.807, 2.05) is 0 Å². The summed E-state index contributed by atoms with van der Waals surface area (Å²) in [6, 6.07) is 9.16. The quantitative estimate of drug-likeness (QED) is 0.673. The number of rotatable bonds is 4. The van der Waals surface area contributed by atoms with Crippen LogP contribution < -0.4 is 11.1 Å². The van der Waals surface area contributed by atoms with Crippen molar-refractivity contribution in [1.29, 1.82) is 0 Å². The van der Waals surface area contributed by atoms with E-state index in [1.54, 1.807) is 6.07 Å². The Morgan fingerprint density at radius 1 is 1.00 bits per heavy atom. The minimum absolute atomic E-state index is 0.0688. The van der Waals surface area contributed by atoms with Gasteiger partial charge in [-0.15, -0.1) is 0 Å². The molecule has 0 saturated heterocycles. The Balaban J connectivity index is 1.97. The van der Waals surface area contributed by atoms with Crippen molar-refractivity contribution >= 4 is 27.4 Å². The first kappa shape index (κ1) is 19.5. The van der Waals surface area contributed by atoms with Crippen molar-refractivity contribution in [3.63, 3.8) is 0 Å². The highest BCUT2D eigenvalue weighted by Crippen LogP contribution is 2.29. The lowest BCUT2D eigenvalue weighted by Gasteiger charge is -2.09. The molecule has 0 saturated carbocycles. The van der Waals surface area contributed by atoms with Crippen molar-refractivity contribution in [2.24, 2.45) is 0 Å². The topological polar surface area (TPSA) is 124 Å². The SMILES string of the molecule is CS(=O)(=O)c1cccc(Nc2nc(N)nc(-c3cccc(C(F)(F)F)n3)n2)c1. The first-order valence-corrected chi connectivity index (χ1v) is 9.55. The van der Waals surface area contributed by atoms with Crippen LogP contribution in [0.1, 0.15) is 5.69 Å². The second kappa shape index (κ2) is 7.03. The minimum atomic E-state index is -4.62. The first-order valence-electron chi connectivity index (χ1n) is 7.66. The van der Waals surface area contributed by atoms with E-state index in [1.165, 1.54) is 30.3 Å². The van der Waals surface area contributed by atoms with Crippen LogP contribution in [-0.4, -0.2) is 34.6 Å². The maximum absolute atomic E-state index is 12.9. The van der Waals surface area contributed by atoms with Crippen molar-refractivity contribution in [1.82, 2.24) is 19.9 Å². The summed E-state index contributed by atoms with van der Waals surface area (Å²) in [7, 11) is -3.43. The first-order chi connectivity index (χ1) is 13.0. The van der Waals surface area contributed by atoms with Gasteiger partial charge in [-0.2, -0.15) is 28.1 Å². The van der Waals surface area contributed by atoms with Crippen LogP contribution in [0.4, 0.5) is 30.8 Å². The maximum atomic E-state index is 12.9. The fraction of sp³-hybridized carbons (Fsp3) is 0.125. The van der Waals surface area contributed by atoms with Gasteiger partial charge in [0, 0.05) is 11.9 Å². The van der Waals surface area contributed by atoms with Crippen LogP contribution in [0.25, 0.3) is 11.5 Å². The Bertz CT molecular complexity index is 1140. The molecular weight excluding hydrogens is 397 g/mol. The molecule has 12 heteroatoms. The summed E-state index contributed by atoms with van der Waals surface area (Å²) >= 11 is 0. The lowest BCUT2D eigenvalue weighted by molar-refractivity contribution is -0.141. The number of nitrogens with zero attached hydrogens (tertiary/aromatic N) is 4. The molecule has 0 aliphatic heterocycles. The molecular formula is C16H13F3N6O2S. The van der Waals surface area contributed by atoms with Crippen LogP contribution in [0.3, 0.4) is 0 Å². The predicted octanol–water partition coefficient (Wildman–Crippen LogP) is 2.68. The standard InChI is InChI=1S/C16H13F3N6O2S/c1-28(26,27)10-5-2-4-9(8-10)21-15-24-13(23-14(20)25-15)11-6-3-7-12(22-11)16(17,18)19/h2-8H,1H3,(H3,20,21,23,24,25). The third-order valence-corrected chi connectivity index (χ3v) is 4.55. The summed E-state index contributed by atoms with van der Waals surface area (Å²) in [4.78, 5) is 15.3. The number of pyridine rings is 1. The number of alkyl halides is 3. The van der Waals surface area contributed by atoms with E-state index in [0.717, 1.165) is 12.3 Å². The molecule has 146 valence electrons. The average Bonchev–Trinajstić information content (AvgIpc) is 2.60. The molecule has 3 aromatic rings. The highest BCUT2D eigenvalue weighted by molar-refractivity contribution is 7.90. The zero-order valence-electron chi connectivity index (χ0n) is 14.3. The molecule has 2 heterocycles. The summed E-state index contributed by atoms with van der Waals surface area (Å²) in [5.41, 5.74) is 4.73. The molecule has 0 bridgehead atoms. The van der Waals surface area contributed by atoms with E-state index in [2.05, 4.69) is 25.3 Å². The molecule has 3 rings (SSSR count). The highest BCUT2D eigenvalue weighted by atomic mass is 32.2. The number of benzene rings is 1. The lowest BCUT2D eigenvalue weighted by atomic mass is 10.3. The number of halogens is 3. The molecule has 0 fully saturated rings. The molecule has 0 unspecified atom stereocenters. The largest absolute Gasteiger partial charge is 0.433 e. The number of hydrogen-bond acceptors (Lipinski definition) is 8. The van der Waals surface area contributed by atoms with Crippen LogP contribution in [0, 0.1) is 0 Å². The van der Waals surface area contributed by atoms with Gasteiger partial charge in [0.25, 0.3) is 0 Å². The number of hydrogen-bond donors (Lipinski definition) is 2. The molecule has 0 aliphatic rings. The smallest absolute Gasteiger partial charge is 0.368 e. The molecule has 2 aromatic heterocycles. The van der Waals surface area contributed by atoms with Gasteiger partial charge in [-0.05, 0) is 30.3 Å². The van der Waals surface area contributed by atoms with Crippen molar-refractivity contribution in [2.75, 3.05) is 17.3 Å². The monoisotopic (exact) mass is 410 g/mol. The number of sulfone groups is 1. The maximum Gasteiger partial charge on any atom is 0.433 e. The van der Waals surface area contributed by atoms with E-state index in [0.29, 0.717) is 5.69 Å². The fourth-order valence-electron chi connectivity index (χ4n) is 2.21. The Labute approximate surface area is 157 Å². The third-order valence-electron chi connectivity index (χ3n) is 3.44. The van der Waals surface area contributed by atoms with Crippen molar-refractivity contribution in [3.05, 3.63) is 48.2 Å². The summed E-state index contributed by atoms with van der Waals surface area (Å²) < 4.78 is 61.9. The number of anilines is 3. The van der Waals surface area contributed by atoms with Crippen LogP contribution >= 0.6 is 0 Å². The van der Waals surface area contributed by atoms with E-state index in [-0.39, 0.29) is 28.3 Å². The number of nitrogen functional groups attached to an aromatic ring is 1. The van der Waals surface area contributed by atoms with Gasteiger partial charge in [0.15, 0.2) is 15.7 Å². The van der Waals surface area contributed by atoms with Crippen LogP contribution in [-0.2, 0) is 16.0 Å². The number of nitrogens with one attached hydrogen (secondary N) is 1. The second-order valence-electron chi connectivity index (χ2n) is 5.67.